The summed E-state index contributed by atoms with van der Waals surface area (Å²) in [6.45, 7) is 0. The van der Waals surface area contributed by atoms with Gasteiger partial charge in [-0.05, 0) is 24.3 Å². The van der Waals surface area contributed by atoms with Gasteiger partial charge < -0.3 is 5.11 Å². The minimum absolute atomic E-state index is 0.167. The summed E-state index contributed by atoms with van der Waals surface area (Å²) in [7, 11) is -4.09. The maximum Gasteiger partial charge on any atom is 0.340 e. The first kappa shape index (κ1) is 15.0. The average molecular weight is 326 g/mol. The Morgan fingerprint density at radius 3 is 2.62 bits per heavy atom. The van der Waals surface area contributed by atoms with Gasteiger partial charge in [-0.25, -0.2) is 17.6 Å². The zero-order chi connectivity index (χ0) is 15.6. The van der Waals surface area contributed by atoms with Gasteiger partial charge in [0.2, 0.25) is 0 Å². The van der Waals surface area contributed by atoms with Gasteiger partial charge in [0, 0.05) is 0 Å². The van der Waals surface area contributed by atoms with Crippen molar-refractivity contribution in [2.75, 3.05) is 4.72 Å². The van der Waals surface area contributed by atoms with Crippen LogP contribution in [0.4, 0.5) is 10.1 Å². The van der Waals surface area contributed by atoms with Gasteiger partial charge in [-0.1, -0.05) is 6.07 Å². The van der Waals surface area contributed by atoms with Gasteiger partial charge in [0.25, 0.3) is 10.0 Å². The molecule has 9 heteroatoms. The van der Waals surface area contributed by atoms with Crippen molar-refractivity contribution in [1.29, 1.82) is 5.26 Å². The van der Waals surface area contributed by atoms with Crippen molar-refractivity contribution >= 4 is 33.0 Å². The Labute approximate surface area is 123 Å². The number of thiophene rings is 1. The minimum atomic E-state index is -4.09. The third-order valence-corrected chi connectivity index (χ3v) is 5.28. The van der Waals surface area contributed by atoms with E-state index in [2.05, 4.69) is 0 Å². The molecule has 6 nitrogen and oxygen atoms in total. The van der Waals surface area contributed by atoms with E-state index < -0.39 is 27.4 Å². The minimum Gasteiger partial charge on any atom is -0.478 e. The van der Waals surface area contributed by atoms with Crippen molar-refractivity contribution in [3.8, 4) is 6.07 Å². The molecule has 0 unspecified atom stereocenters. The number of carboxylic acid groups (broad SMARTS) is 1. The SMILES string of the molecule is N#Cc1ccc(S(=O)(=O)Nc2cccc(F)c2C(=O)O)s1. The zero-order valence-electron chi connectivity index (χ0n) is 10.2. The lowest BCUT2D eigenvalue weighted by molar-refractivity contribution is 0.0693. The molecule has 0 saturated heterocycles. The Morgan fingerprint density at radius 2 is 2.05 bits per heavy atom. The van der Waals surface area contributed by atoms with Gasteiger partial charge in [0.15, 0.2) is 0 Å². The van der Waals surface area contributed by atoms with E-state index in [4.69, 9.17) is 10.4 Å². The standard InChI is InChI=1S/C12H7FN2O4S2/c13-8-2-1-3-9(11(8)12(16)17)15-21(18,19)10-5-4-7(6-14)20-10/h1-5,15H,(H,16,17). The molecule has 0 saturated carbocycles. The van der Waals surface area contributed by atoms with Crippen LogP contribution in [0.2, 0.25) is 0 Å². The molecule has 0 aliphatic rings. The summed E-state index contributed by atoms with van der Waals surface area (Å²) in [6, 6.07) is 7.58. The highest BCUT2D eigenvalue weighted by Crippen LogP contribution is 2.26. The summed E-state index contributed by atoms with van der Waals surface area (Å²) >= 11 is 0.725. The fourth-order valence-corrected chi connectivity index (χ4v) is 3.72. The Kier molecular flexibility index (Phi) is 3.93. The second kappa shape index (κ2) is 5.51. The molecule has 2 rings (SSSR count). The van der Waals surface area contributed by atoms with E-state index >= 15 is 0 Å². The number of nitrogens with one attached hydrogen (secondary N) is 1. The van der Waals surface area contributed by atoms with Gasteiger partial charge in [0.05, 0.1) is 5.69 Å². The third-order valence-electron chi connectivity index (χ3n) is 2.43. The Bertz CT molecular complexity index is 852. The third kappa shape index (κ3) is 3.01. The quantitative estimate of drug-likeness (QED) is 0.896. The number of rotatable bonds is 4. The van der Waals surface area contributed by atoms with Crippen LogP contribution >= 0.6 is 11.3 Å². The molecule has 1 aromatic heterocycles. The number of carbonyl (C=O) groups is 1. The highest BCUT2D eigenvalue weighted by molar-refractivity contribution is 7.94. The molecular formula is C12H7FN2O4S2. The first-order valence-electron chi connectivity index (χ1n) is 5.39. The van der Waals surface area contributed by atoms with Crippen molar-refractivity contribution in [2.24, 2.45) is 0 Å². The van der Waals surface area contributed by atoms with E-state index in [9.17, 15) is 17.6 Å². The second-order valence-electron chi connectivity index (χ2n) is 3.80. The van der Waals surface area contributed by atoms with Crippen molar-refractivity contribution in [1.82, 2.24) is 0 Å². The molecule has 0 spiro atoms. The maximum atomic E-state index is 13.5. The number of sulfonamides is 1. The van der Waals surface area contributed by atoms with Crippen molar-refractivity contribution in [2.45, 2.75) is 4.21 Å². The predicted octanol–water partition coefficient (Wildman–Crippen LogP) is 2.26. The van der Waals surface area contributed by atoms with Crippen LogP contribution in [0.15, 0.2) is 34.5 Å². The molecule has 0 bridgehead atoms. The van der Waals surface area contributed by atoms with Crippen LogP contribution in [-0.4, -0.2) is 19.5 Å². The summed E-state index contributed by atoms with van der Waals surface area (Å²) in [5.74, 6) is -2.64. The topological polar surface area (TPSA) is 107 Å². The number of nitrogens with zero attached hydrogens (tertiary/aromatic N) is 1. The lowest BCUT2D eigenvalue weighted by Gasteiger charge is -2.09. The largest absolute Gasteiger partial charge is 0.478 e. The van der Waals surface area contributed by atoms with Crippen LogP contribution in [0.25, 0.3) is 0 Å². The molecule has 0 atom stereocenters. The summed E-state index contributed by atoms with van der Waals surface area (Å²) in [5.41, 5.74) is -1.15. The maximum absolute atomic E-state index is 13.5. The van der Waals surface area contributed by atoms with Gasteiger partial charge in [-0.15, -0.1) is 11.3 Å². The summed E-state index contributed by atoms with van der Waals surface area (Å²) in [5, 5.41) is 17.6. The number of benzene rings is 1. The van der Waals surface area contributed by atoms with Crippen LogP contribution in [0, 0.1) is 17.1 Å². The molecule has 21 heavy (non-hydrogen) atoms. The monoisotopic (exact) mass is 326 g/mol. The van der Waals surface area contributed by atoms with Gasteiger partial charge in [0.1, 0.15) is 26.5 Å². The number of anilines is 1. The second-order valence-corrected chi connectivity index (χ2v) is 6.80. The molecular weight excluding hydrogens is 319 g/mol. The molecule has 0 amide bonds. The summed E-state index contributed by atoms with van der Waals surface area (Å²) in [4.78, 5) is 11.2. The van der Waals surface area contributed by atoms with Crippen molar-refractivity contribution < 1.29 is 22.7 Å². The fourth-order valence-electron chi connectivity index (χ4n) is 1.55. The average Bonchev–Trinajstić information content (AvgIpc) is 2.87. The molecule has 0 aliphatic heterocycles. The fraction of sp³-hybridized carbons (Fsp3) is 0. The summed E-state index contributed by atoms with van der Waals surface area (Å²) in [6.07, 6.45) is 0. The van der Waals surface area contributed by atoms with Gasteiger partial charge in [-0.2, -0.15) is 5.26 Å². The molecule has 1 heterocycles. The molecule has 0 radical (unpaired) electrons. The number of carboxylic acids is 1. The summed E-state index contributed by atoms with van der Waals surface area (Å²) < 4.78 is 39.5. The smallest absolute Gasteiger partial charge is 0.340 e. The highest BCUT2D eigenvalue weighted by atomic mass is 32.2. The van der Waals surface area contributed by atoms with Crippen molar-refractivity contribution in [3.63, 3.8) is 0 Å². The van der Waals surface area contributed by atoms with Crippen LogP contribution in [-0.2, 0) is 10.0 Å². The zero-order valence-corrected chi connectivity index (χ0v) is 11.8. The lowest BCUT2D eigenvalue weighted by atomic mass is 10.2. The first-order chi connectivity index (χ1) is 9.85. The first-order valence-corrected chi connectivity index (χ1v) is 7.69. The van der Waals surface area contributed by atoms with E-state index in [1.54, 1.807) is 6.07 Å². The molecule has 2 N–H and O–H groups in total. The number of hydrogen-bond donors (Lipinski definition) is 2. The van der Waals surface area contributed by atoms with E-state index in [0.29, 0.717) is 0 Å². The van der Waals surface area contributed by atoms with E-state index in [0.717, 1.165) is 23.5 Å². The molecule has 0 fully saturated rings. The Morgan fingerprint density at radius 1 is 1.33 bits per heavy atom. The van der Waals surface area contributed by atoms with Crippen LogP contribution < -0.4 is 4.72 Å². The molecule has 1 aromatic carbocycles. The Balaban J connectivity index is 2.45. The van der Waals surface area contributed by atoms with Crippen LogP contribution in [0.5, 0.6) is 0 Å². The number of nitriles is 1. The number of aromatic carboxylic acids is 1. The lowest BCUT2D eigenvalue weighted by Crippen LogP contribution is -2.15. The Hall–Kier alpha value is -2.44. The number of halogens is 1. The van der Waals surface area contributed by atoms with E-state index in [1.807, 2.05) is 4.72 Å². The molecule has 2 aromatic rings. The number of hydrogen-bond acceptors (Lipinski definition) is 5. The molecule has 108 valence electrons. The van der Waals surface area contributed by atoms with Crippen LogP contribution in [0.3, 0.4) is 0 Å². The predicted molar refractivity (Wildman–Crippen MR) is 73.2 cm³/mol. The molecule has 0 aliphatic carbocycles. The van der Waals surface area contributed by atoms with Gasteiger partial charge >= 0.3 is 5.97 Å². The van der Waals surface area contributed by atoms with E-state index in [-0.39, 0.29) is 14.8 Å². The highest BCUT2D eigenvalue weighted by Gasteiger charge is 2.22. The van der Waals surface area contributed by atoms with Crippen LogP contribution in [0.1, 0.15) is 15.2 Å². The van der Waals surface area contributed by atoms with Crippen molar-refractivity contribution in [3.05, 3.63) is 46.6 Å². The van der Waals surface area contributed by atoms with E-state index in [1.165, 1.54) is 18.2 Å². The normalized spacial score (nSPS) is 10.9. The van der Waals surface area contributed by atoms with Gasteiger partial charge in [-0.3, -0.25) is 4.72 Å².